The Bertz CT molecular complexity index is 508. The van der Waals surface area contributed by atoms with E-state index in [1.807, 2.05) is 4.90 Å². The van der Waals surface area contributed by atoms with Crippen molar-refractivity contribution in [1.82, 2.24) is 9.80 Å². The number of nitrogens with two attached hydrogens (primary N) is 1. The fraction of sp³-hybridized carbons (Fsp3) is 0.533. The molecule has 1 saturated carbocycles. The van der Waals surface area contributed by atoms with Crippen LogP contribution in [-0.2, 0) is 0 Å². The van der Waals surface area contributed by atoms with Gasteiger partial charge < -0.3 is 10.6 Å². The number of benzene rings is 1. The van der Waals surface area contributed by atoms with Crippen molar-refractivity contribution < 1.29 is 4.79 Å². The molecule has 0 radical (unpaired) electrons. The maximum absolute atomic E-state index is 12.5. The lowest BCUT2D eigenvalue weighted by Gasteiger charge is -2.35. The van der Waals surface area contributed by atoms with Gasteiger partial charge in [0.2, 0.25) is 0 Å². The van der Waals surface area contributed by atoms with Crippen molar-refractivity contribution >= 4 is 23.2 Å². The van der Waals surface area contributed by atoms with Crippen LogP contribution in [-0.4, -0.2) is 48.4 Å². The summed E-state index contributed by atoms with van der Waals surface area (Å²) < 4.78 is 0. The Morgan fingerprint density at radius 1 is 1.25 bits per heavy atom. The fourth-order valence-electron chi connectivity index (χ4n) is 2.68. The third-order valence-electron chi connectivity index (χ3n) is 4.13. The standard InChI is InChI=1S/C15H20ClN3O/c16-14-12(2-1-3-13(14)17)15(20)19-8-6-18(7-9-19)10-11-4-5-11/h1-3,11H,4-10,17H2. The highest BCUT2D eigenvalue weighted by Gasteiger charge is 2.28. The zero-order valence-electron chi connectivity index (χ0n) is 11.5. The van der Waals surface area contributed by atoms with Crippen molar-refractivity contribution in [3.8, 4) is 0 Å². The second kappa shape index (κ2) is 5.62. The maximum atomic E-state index is 12.5. The van der Waals surface area contributed by atoms with Crippen molar-refractivity contribution in [2.75, 3.05) is 38.5 Å². The first-order chi connectivity index (χ1) is 9.65. The van der Waals surface area contributed by atoms with E-state index in [2.05, 4.69) is 4.90 Å². The Kier molecular flexibility index (Phi) is 3.85. The molecule has 5 heteroatoms. The number of halogens is 1. The number of hydrogen-bond donors (Lipinski definition) is 1. The van der Waals surface area contributed by atoms with E-state index < -0.39 is 0 Å². The van der Waals surface area contributed by atoms with Gasteiger partial charge in [0, 0.05) is 32.7 Å². The van der Waals surface area contributed by atoms with E-state index in [-0.39, 0.29) is 5.91 Å². The minimum Gasteiger partial charge on any atom is -0.398 e. The van der Waals surface area contributed by atoms with Crippen molar-refractivity contribution in [3.05, 3.63) is 28.8 Å². The molecule has 20 heavy (non-hydrogen) atoms. The molecular weight excluding hydrogens is 274 g/mol. The van der Waals surface area contributed by atoms with Crippen molar-refractivity contribution in [2.24, 2.45) is 5.92 Å². The van der Waals surface area contributed by atoms with Crippen LogP contribution in [0.5, 0.6) is 0 Å². The van der Waals surface area contributed by atoms with Gasteiger partial charge in [-0.2, -0.15) is 0 Å². The lowest BCUT2D eigenvalue weighted by Crippen LogP contribution is -2.49. The average Bonchev–Trinajstić information content (AvgIpc) is 3.26. The summed E-state index contributed by atoms with van der Waals surface area (Å²) >= 11 is 6.13. The van der Waals surface area contributed by atoms with Crippen LogP contribution >= 0.6 is 11.6 Å². The summed E-state index contributed by atoms with van der Waals surface area (Å²) in [6.45, 7) is 4.67. The van der Waals surface area contributed by atoms with E-state index in [0.29, 0.717) is 16.3 Å². The van der Waals surface area contributed by atoms with Crippen LogP contribution in [0.4, 0.5) is 5.69 Å². The highest BCUT2D eigenvalue weighted by atomic mass is 35.5. The highest BCUT2D eigenvalue weighted by molar-refractivity contribution is 6.36. The van der Waals surface area contributed by atoms with Gasteiger partial charge in [0.05, 0.1) is 16.3 Å². The Hall–Kier alpha value is -1.26. The fourth-order valence-corrected chi connectivity index (χ4v) is 2.89. The molecule has 1 heterocycles. The van der Waals surface area contributed by atoms with Gasteiger partial charge in [-0.1, -0.05) is 17.7 Å². The molecular formula is C15H20ClN3O. The van der Waals surface area contributed by atoms with Gasteiger partial charge >= 0.3 is 0 Å². The summed E-state index contributed by atoms with van der Waals surface area (Å²) in [6, 6.07) is 5.24. The molecule has 0 aromatic heterocycles. The number of carbonyl (C=O) groups excluding carboxylic acids is 1. The van der Waals surface area contributed by atoms with Crippen LogP contribution in [0.15, 0.2) is 18.2 Å². The smallest absolute Gasteiger partial charge is 0.255 e. The summed E-state index contributed by atoms with van der Waals surface area (Å²) in [7, 11) is 0. The largest absolute Gasteiger partial charge is 0.398 e. The monoisotopic (exact) mass is 293 g/mol. The van der Waals surface area contributed by atoms with Crippen LogP contribution in [0.2, 0.25) is 5.02 Å². The molecule has 1 aromatic carbocycles. The van der Waals surface area contributed by atoms with Crippen LogP contribution in [0.1, 0.15) is 23.2 Å². The van der Waals surface area contributed by atoms with Gasteiger partial charge in [-0.05, 0) is 30.9 Å². The van der Waals surface area contributed by atoms with Crippen LogP contribution in [0.25, 0.3) is 0 Å². The molecule has 0 unspecified atom stereocenters. The van der Waals surface area contributed by atoms with Gasteiger partial charge in [0.1, 0.15) is 0 Å². The first-order valence-corrected chi connectivity index (χ1v) is 7.58. The molecule has 2 fully saturated rings. The lowest BCUT2D eigenvalue weighted by atomic mass is 10.1. The van der Waals surface area contributed by atoms with E-state index in [1.54, 1.807) is 18.2 Å². The second-order valence-electron chi connectivity index (χ2n) is 5.74. The Labute approximate surface area is 124 Å². The molecule has 3 rings (SSSR count). The Morgan fingerprint density at radius 3 is 2.60 bits per heavy atom. The SMILES string of the molecule is Nc1cccc(C(=O)N2CCN(CC3CC3)CC2)c1Cl. The molecule has 108 valence electrons. The number of amides is 1. The quantitative estimate of drug-likeness (QED) is 0.868. The minimum absolute atomic E-state index is 0.00614. The Morgan fingerprint density at radius 2 is 1.95 bits per heavy atom. The number of anilines is 1. The van der Waals surface area contributed by atoms with Gasteiger partial charge in [-0.25, -0.2) is 0 Å². The van der Waals surface area contributed by atoms with Gasteiger partial charge in [-0.15, -0.1) is 0 Å². The molecule has 1 aromatic rings. The van der Waals surface area contributed by atoms with E-state index in [4.69, 9.17) is 17.3 Å². The molecule has 1 aliphatic heterocycles. The third-order valence-corrected chi connectivity index (χ3v) is 4.55. The average molecular weight is 294 g/mol. The zero-order valence-corrected chi connectivity index (χ0v) is 12.3. The molecule has 0 atom stereocenters. The number of rotatable bonds is 3. The zero-order chi connectivity index (χ0) is 14.1. The second-order valence-corrected chi connectivity index (χ2v) is 6.12. The maximum Gasteiger partial charge on any atom is 0.255 e. The van der Waals surface area contributed by atoms with Crippen molar-refractivity contribution in [1.29, 1.82) is 0 Å². The Balaban J connectivity index is 1.62. The van der Waals surface area contributed by atoms with Gasteiger partial charge in [-0.3, -0.25) is 9.69 Å². The summed E-state index contributed by atoms with van der Waals surface area (Å²) in [5.41, 5.74) is 6.74. The van der Waals surface area contributed by atoms with Crippen molar-refractivity contribution in [3.63, 3.8) is 0 Å². The van der Waals surface area contributed by atoms with Gasteiger partial charge in [0.25, 0.3) is 5.91 Å². The molecule has 2 aliphatic rings. The van der Waals surface area contributed by atoms with Crippen molar-refractivity contribution in [2.45, 2.75) is 12.8 Å². The summed E-state index contributed by atoms with van der Waals surface area (Å²) in [6.07, 6.45) is 2.75. The van der Waals surface area contributed by atoms with Crippen LogP contribution in [0.3, 0.4) is 0 Å². The molecule has 1 amide bonds. The topological polar surface area (TPSA) is 49.6 Å². The molecule has 0 bridgehead atoms. The van der Waals surface area contributed by atoms with E-state index in [1.165, 1.54) is 19.4 Å². The summed E-state index contributed by atoms with van der Waals surface area (Å²) in [5.74, 6) is 0.897. The van der Waals surface area contributed by atoms with Gasteiger partial charge in [0.15, 0.2) is 0 Å². The number of nitrogens with zero attached hydrogens (tertiary/aromatic N) is 2. The number of piperazine rings is 1. The minimum atomic E-state index is -0.00614. The molecule has 2 N–H and O–H groups in total. The lowest BCUT2D eigenvalue weighted by molar-refractivity contribution is 0.0632. The molecule has 0 spiro atoms. The molecule has 1 aliphatic carbocycles. The van der Waals surface area contributed by atoms with Crippen LogP contribution < -0.4 is 5.73 Å². The number of nitrogen functional groups attached to an aromatic ring is 1. The predicted molar refractivity (Wildman–Crippen MR) is 80.9 cm³/mol. The van der Waals surface area contributed by atoms with E-state index >= 15 is 0 Å². The first-order valence-electron chi connectivity index (χ1n) is 7.21. The molecule has 4 nitrogen and oxygen atoms in total. The highest BCUT2D eigenvalue weighted by Crippen LogP contribution is 2.30. The number of hydrogen-bond acceptors (Lipinski definition) is 3. The van der Waals surface area contributed by atoms with E-state index in [0.717, 1.165) is 32.1 Å². The number of carbonyl (C=O) groups is 1. The summed E-state index contributed by atoms with van der Waals surface area (Å²) in [5, 5.41) is 0.373. The summed E-state index contributed by atoms with van der Waals surface area (Å²) in [4.78, 5) is 16.8. The van der Waals surface area contributed by atoms with E-state index in [9.17, 15) is 4.79 Å². The third kappa shape index (κ3) is 2.91. The normalized spacial score (nSPS) is 20.1. The first kappa shape index (κ1) is 13.7. The molecule has 1 saturated heterocycles. The van der Waals surface area contributed by atoms with Crippen LogP contribution in [0, 0.1) is 5.92 Å². The predicted octanol–water partition coefficient (Wildman–Crippen LogP) is 2.09.